The topological polar surface area (TPSA) is 167 Å². The molecular formula is C81H109IN12O5. The van der Waals surface area contributed by atoms with Crippen LogP contribution >= 0.6 is 24.0 Å². The number of amides is 2. The lowest BCUT2D eigenvalue weighted by Gasteiger charge is -2.35. The zero-order chi connectivity index (χ0) is 74.0. The van der Waals surface area contributed by atoms with Gasteiger partial charge in [-0.3, -0.25) is 24.5 Å². The number of anilines is 2. The smallest absolute Gasteiger partial charge is 0.272 e. The third-order valence-electron chi connectivity index (χ3n) is 20.2. The van der Waals surface area contributed by atoms with Crippen molar-refractivity contribution in [3.05, 3.63) is 208 Å². The molecule has 0 aliphatic carbocycles. The molecule has 18 heteroatoms. The predicted octanol–water partition coefficient (Wildman–Crippen LogP) is 14.9. The van der Waals surface area contributed by atoms with E-state index >= 15 is 0 Å². The fourth-order valence-electron chi connectivity index (χ4n) is 14.1. The lowest BCUT2D eigenvalue weighted by Crippen LogP contribution is -2.45. The van der Waals surface area contributed by atoms with Crippen LogP contribution in [0.15, 0.2) is 170 Å². The number of piperidine rings is 5. The standard InChI is InChI=1S/C16H21N3O.C15H20N2.C14H18N2O.C14H18N2.C8H9NO2.C8H11N.C6H11NO.HI/c1-17-16(20)13-4-3-12-5-10-19(15(12)11-13)14-6-8-18(2)9-7-14;1-12-11-13-5-3-4-6-15(13)17(12)14-7-9-16(2)10-8-14;1-15-8-6-12(7-9-15)16-13-5-3-2-4-11(13)10-14(16)17;1-15-9-7-13(8-10-15)16-11-6-12-4-2-3-5-14(12)16;1-2-7-5-3-4-6-8(7)9(10)11;1-2-7-5-3-4-6-8(7)9;1-7-4-2-6(8)3-5-7;/h3-5,10-11,14H,6-9H2,1-2H3,(H,17,20);3-6,11,14H,7-10H2,1-2H3;2-5,12H,6-10H2,1H3;2-6,11,13H,7-10H2,1H3;3-6H,2H2,1H3;3-6H,2,9H2,1H3;2-5H2,1H3;1H/i;4D;2*3D;2*4D;;. The van der Waals surface area contributed by atoms with E-state index in [1.54, 1.807) is 37.4 Å². The molecule has 2 amide bonds. The van der Waals surface area contributed by atoms with Crippen molar-refractivity contribution < 1.29 is 26.2 Å². The van der Waals surface area contributed by atoms with Crippen molar-refractivity contribution in [1.29, 1.82) is 0 Å². The van der Waals surface area contributed by atoms with Crippen LogP contribution in [0, 0.1) is 17.0 Å². The van der Waals surface area contributed by atoms with Crippen LogP contribution in [0.25, 0.3) is 32.7 Å². The van der Waals surface area contributed by atoms with E-state index in [2.05, 4.69) is 122 Å². The summed E-state index contributed by atoms with van der Waals surface area (Å²) in [5.41, 5.74) is 15.9. The first-order valence-electron chi connectivity index (χ1n) is 37.8. The highest BCUT2D eigenvalue weighted by Crippen LogP contribution is 2.35. The number of nitrogen functional groups attached to an aromatic ring is 1. The number of Topliss-reactive ketones (excluding diaryl/α,β-unsaturated/α-hetero) is 1. The fourth-order valence-corrected chi connectivity index (χ4v) is 14.1. The second kappa shape index (κ2) is 38.2. The van der Waals surface area contributed by atoms with Gasteiger partial charge in [-0.25, -0.2) is 0 Å². The first-order valence-corrected chi connectivity index (χ1v) is 35.3. The number of nitro groups is 1. The molecule has 6 aliphatic heterocycles. The van der Waals surface area contributed by atoms with Crippen LogP contribution in [-0.4, -0.2) is 174 Å². The molecular weight excluding hydrogens is 1350 g/mol. The number of hydrogen-bond acceptors (Lipinski definition) is 11. The van der Waals surface area contributed by atoms with Gasteiger partial charge in [0, 0.05) is 120 Å². The lowest BCUT2D eigenvalue weighted by atomic mass is 10.0. The number of nitrogens with one attached hydrogen (secondary N) is 1. The zero-order valence-electron chi connectivity index (χ0n) is 64.9. The number of carbonyl (C=O) groups excluding carboxylic acids is 3. The van der Waals surface area contributed by atoms with Gasteiger partial charge in [0.2, 0.25) is 5.91 Å². The Kier molecular flexibility index (Phi) is 26.9. The van der Waals surface area contributed by atoms with Gasteiger partial charge in [-0.2, -0.15) is 0 Å². The van der Waals surface area contributed by atoms with E-state index in [0.717, 1.165) is 99.4 Å². The Balaban J connectivity index is 0.000000156. The number of aryl methyl sites for hydroxylation is 3. The first-order chi connectivity index (χ1) is 49.4. The Morgan fingerprint density at radius 1 is 0.545 bits per heavy atom. The van der Waals surface area contributed by atoms with Gasteiger partial charge < -0.3 is 54.2 Å². The van der Waals surface area contributed by atoms with E-state index in [4.69, 9.17) is 12.6 Å². The second-order valence-electron chi connectivity index (χ2n) is 27.0. The van der Waals surface area contributed by atoms with Crippen molar-refractivity contribution >= 4 is 91.3 Å². The SMILES string of the molecule is CN1CCC(=O)CC1.CNC(=O)c1ccc2ccn(C3CCN(C)CC3)c2c1.I.[2H]c1ccc(CC)c(N)c1.[2H]c1ccc(CC)c([N+](=O)[O-])c1.[2H]c1ccc2c(c1)N(C1CCN(C)CC1)C(=O)C2.[2H]c1ccc2cc(C)n(C3CCN(C)CC3)c2c1.[2H]c1ccc2ccn(C3CCN(C)CC3)c2c1. The van der Waals surface area contributed by atoms with Crippen LogP contribution in [0.4, 0.5) is 17.1 Å². The normalized spacial score (nSPS) is 18.2. The van der Waals surface area contributed by atoms with Crippen LogP contribution < -0.4 is 16.0 Å². The summed E-state index contributed by atoms with van der Waals surface area (Å²) >= 11 is 0. The highest BCUT2D eigenvalue weighted by Gasteiger charge is 2.34. The van der Waals surface area contributed by atoms with Crippen molar-refractivity contribution in [3.8, 4) is 0 Å². The minimum Gasteiger partial charge on any atom is -0.399 e. The number of hydrogen-bond donors (Lipinski definition) is 2. The van der Waals surface area contributed by atoms with E-state index in [9.17, 15) is 24.5 Å². The Hall–Kier alpha value is -7.72. The largest absolute Gasteiger partial charge is 0.399 e. The van der Waals surface area contributed by atoms with Crippen LogP contribution in [0.3, 0.4) is 0 Å². The van der Waals surface area contributed by atoms with Gasteiger partial charge in [-0.1, -0.05) is 111 Å². The van der Waals surface area contributed by atoms with Crippen LogP contribution in [0.5, 0.6) is 0 Å². The zero-order valence-corrected chi connectivity index (χ0v) is 62.2. The van der Waals surface area contributed by atoms with Gasteiger partial charge in [0.25, 0.3) is 11.6 Å². The molecule has 9 aromatic rings. The number of aromatic nitrogens is 3. The van der Waals surface area contributed by atoms with Gasteiger partial charge in [0.1, 0.15) is 5.78 Å². The average molecular weight is 1460 g/mol. The maximum Gasteiger partial charge on any atom is 0.272 e. The molecule has 0 atom stereocenters. The molecule has 6 aliphatic rings. The number of benzene rings is 6. The summed E-state index contributed by atoms with van der Waals surface area (Å²) in [6, 6.07) is 44.0. The summed E-state index contributed by atoms with van der Waals surface area (Å²) in [6.07, 6.45) is 17.2. The number of para-hydroxylation sites is 5. The van der Waals surface area contributed by atoms with Crippen molar-refractivity contribution in [2.45, 2.75) is 128 Å². The van der Waals surface area contributed by atoms with Crippen molar-refractivity contribution in [1.82, 2.24) is 43.5 Å². The van der Waals surface area contributed by atoms with Crippen LogP contribution in [0.2, 0.25) is 0 Å². The molecule has 0 bridgehead atoms. The summed E-state index contributed by atoms with van der Waals surface area (Å²) in [5, 5.41) is 16.9. The highest BCUT2D eigenvalue weighted by atomic mass is 127. The number of nitrogens with zero attached hydrogens (tertiary/aromatic N) is 10. The third-order valence-corrected chi connectivity index (χ3v) is 20.2. The second-order valence-corrected chi connectivity index (χ2v) is 27.0. The molecule has 9 heterocycles. The van der Waals surface area contributed by atoms with E-state index in [-0.39, 0.29) is 47.5 Å². The van der Waals surface area contributed by atoms with E-state index in [1.165, 1.54) is 109 Å². The average Bonchev–Trinajstić information content (AvgIpc) is 1.67. The van der Waals surface area contributed by atoms with E-state index < -0.39 is 4.92 Å². The molecule has 6 aromatic carbocycles. The van der Waals surface area contributed by atoms with Crippen molar-refractivity contribution in [3.63, 3.8) is 0 Å². The van der Waals surface area contributed by atoms with Gasteiger partial charge >= 0.3 is 0 Å². The van der Waals surface area contributed by atoms with Gasteiger partial charge in [0.15, 0.2) is 0 Å². The minimum absolute atomic E-state index is 0. The predicted molar refractivity (Wildman–Crippen MR) is 419 cm³/mol. The lowest BCUT2D eigenvalue weighted by molar-refractivity contribution is -0.385. The molecule has 0 radical (unpaired) electrons. The summed E-state index contributed by atoms with van der Waals surface area (Å²) < 4.78 is 44.8. The van der Waals surface area contributed by atoms with Gasteiger partial charge in [-0.05, 0) is 241 Å². The number of likely N-dealkylation sites (tertiary alicyclic amines) is 5. The molecule has 3 aromatic heterocycles. The van der Waals surface area contributed by atoms with Gasteiger partial charge in [-0.15, -0.1) is 24.0 Å². The summed E-state index contributed by atoms with van der Waals surface area (Å²) in [7, 11) is 12.4. The van der Waals surface area contributed by atoms with Crippen LogP contribution in [-0.2, 0) is 28.9 Å². The number of ketones is 1. The molecule has 3 N–H and O–H groups in total. The number of halogens is 1. The number of nitrogens with two attached hydrogens (primary N) is 1. The Bertz CT molecular complexity index is 4310. The highest BCUT2D eigenvalue weighted by molar-refractivity contribution is 14.0. The summed E-state index contributed by atoms with van der Waals surface area (Å²) in [4.78, 5) is 58.1. The quantitative estimate of drug-likeness (QED) is 0.0643. The molecule has 0 spiro atoms. The van der Waals surface area contributed by atoms with Crippen LogP contribution in [0.1, 0.15) is 136 Å². The number of fused-ring (bicyclic) bond motifs is 4. The number of nitro benzene ring substituents is 1. The molecule has 15 rings (SSSR count). The maximum atomic E-state index is 12.2. The molecule has 0 unspecified atom stereocenters. The van der Waals surface area contributed by atoms with E-state index in [1.807, 2.05) is 85.6 Å². The Labute approximate surface area is 612 Å². The molecule has 5 fully saturated rings. The summed E-state index contributed by atoms with van der Waals surface area (Å²) in [5.74, 6) is 0.594. The molecule has 5 saturated heterocycles. The molecule has 530 valence electrons. The molecule has 0 saturated carbocycles. The first kappa shape index (κ1) is 69.7. The Morgan fingerprint density at radius 2 is 1.01 bits per heavy atom. The van der Waals surface area contributed by atoms with Crippen molar-refractivity contribution in [2.75, 3.05) is 118 Å². The Morgan fingerprint density at radius 3 is 1.56 bits per heavy atom. The monoisotopic (exact) mass is 1460 g/mol. The minimum atomic E-state index is -0.448. The van der Waals surface area contributed by atoms with Gasteiger partial charge in [0.05, 0.1) is 18.2 Å². The molecule has 17 nitrogen and oxygen atoms in total. The summed E-state index contributed by atoms with van der Waals surface area (Å²) in [6.45, 7) is 17.1. The number of rotatable bonds is 8. The fraction of sp³-hybridized carbons (Fsp3) is 0.444. The third kappa shape index (κ3) is 21.2. The maximum absolute atomic E-state index is 12.2. The number of carbonyl (C=O) groups is 3. The van der Waals surface area contributed by atoms with Crippen molar-refractivity contribution in [2.24, 2.45) is 0 Å². The molecule has 99 heavy (non-hydrogen) atoms. The van der Waals surface area contributed by atoms with E-state index in [0.29, 0.717) is 72.5 Å².